The molecule has 0 aromatic heterocycles. The highest BCUT2D eigenvalue weighted by molar-refractivity contribution is 5.69. The van der Waals surface area contributed by atoms with Crippen molar-refractivity contribution < 1.29 is 23.4 Å². The van der Waals surface area contributed by atoms with Crippen molar-refractivity contribution in [1.82, 2.24) is 4.90 Å². The monoisotopic (exact) mass is 301 g/mol. The van der Waals surface area contributed by atoms with E-state index in [9.17, 15) is 13.6 Å². The molecule has 0 aliphatic heterocycles. The molecule has 1 rings (SSSR count). The van der Waals surface area contributed by atoms with Crippen LogP contribution in [-0.2, 0) is 4.79 Å². The number of benzene rings is 1. The van der Waals surface area contributed by atoms with Crippen LogP contribution in [0.25, 0.3) is 0 Å². The van der Waals surface area contributed by atoms with E-state index in [1.165, 1.54) is 6.07 Å². The molecule has 0 saturated heterocycles. The lowest BCUT2D eigenvalue weighted by Crippen LogP contribution is -2.45. The number of halogens is 2. The Morgan fingerprint density at radius 2 is 1.90 bits per heavy atom. The van der Waals surface area contributed by atoms with Gasteiger partial charge in [0.25, 0.3) is 0 Å². The van der Waals surface area contributed by atoms with Crippen molar-refractivity contribution in [3.63, 3.8) is 0 Å². The van der Waals surface area contributed by atoms with Crippen molar-refractivity contribution in [3.8, 4) is 5.75 Å². The molecule has 0 aliphatic rings. The van der Waals surface area contributed by atoms with Crippen LogP contribution in [0.15, 0.2) is 24.3 Å². The van der Waals surface area contributed by atoms with E-state index in [0.717, 1.165) is 0 Å². The first kappa shape index (κ1) is 17.4. The van der Waals surface area contributed by atoms with Crippen LogP contribution in [0, 0.1) is 0 Å². The zero-order valence-corrected chi connectivity index (χ0v) is 12.6. The van der Waals surface area contributed by atoms with Gasteiger partial charge in [-0.25, -0.2) is 0 Å². The van der Waals surface area contributed by atoms with E-state index in [1.54, 1.807) is 30.0 Å². The summed E-state index contributed by atoms with van der Waals surface area (Å²) in [5, 5.41) is 9.06. The number of hydrogen-bond acceptors (Lipinski definition) is 3. The molecule has 4 nitrogen and oxygen atoms in total. The molecule has 1 atom stereocenters. The third-order valence-corrected chi connectivity index (χ3v) is 3.22. The van der Waals surface area contributed by atoms with Gasteiger partial charge in [-0.3, -0.25) is 9.69 Å². The van der Waals surface area contributed by atoms with Gasteiger partial charge < -0.3 is 9.84 Å². The van der Waals surface area contributed by atoms with Crippen LogP contribution in [0.5, 0.6) is 5.75 Å². The lowest BCUT2D eigenvalue weighted by molar-refractivity contribution is -0.140. The molecule has 118 valence electrons. The fourth-order valence-corrected chi connectivity index (χ4v) is 2.30. The summed E-state index contributed by atoms with van der Waals surface area (Å²) in [5.41, 5.74) is 0.101. The van der Waals surface area contributed by atoms with Crippen LogP contribution in [0.1, 0.15) is 39.3 Å². The van der Waals surface area contributed by atoms with Gasteiger partial charge >= 0.3 is 12.6 Å². The molecule has 1 aromatic rings. The Morgan fingerprint density at radius 1 is 1.33 bits per heavy atom. The first-order valence-electron chi connectivity index (χ1n) is 6.65. The van der Waals surface area contributed by atoms with Crippen LogP contribution in [-0.4, -0.2) is 34.7 Å². The second-order valence-electron chi connectivity index (χ2n) is 5.78. The molecule has 0 spiro atoms. The topological polar surface area (TPSA) is 49.8 Å². The summed E-state index contributed by atoms with van der Waals surface area (Å²) < 4.78 is 29.5. The Labute approximate surface area is 123 Å². The molecule has 0 heterocycles. The number of carboxylic acid groups (broad SMARTS) is 1. The molecule has 6 heteroatoms. The Morgan fingerprint density at radius 3 is 2.38 bits per heavy atom. The molecule has 1 aromatic carbocycles. The van der Waals surface area contributed by atoms with E-state index >= 15 is 0 Å². The van der Waals surface area contributed by atoms with E-state index < -0.39 is 18.1 Å². The van der Waals surface area contributed by atoms with Crippen molar-refractivity contribution in [2.75, 3.05) is 6.54 Å². The van der Waals surface area contributed by atoms with Crippen molar-refractivity contribution >= 4 is 5.97 Å². The number of carbonyl (C=O) groups is 1. The number of alkyl halides is 2. The molecular weight excluding hydrogens is 280 g/mol. The summed E-state index contributed by atoms with van der Waals surface area (Å²) >= 11 is 0. The van der Waals surface area contributed by atoms with Gasteiger partial charge in [0.1, 0.15) is 5.75 Å². The standard InChI is InChI=1S/C15H21F2NO3/c1-10(18(9-13(19)20)15(2,3)4)11-7-5-6-8-12(11)21-14(16)17/h5-8,10,14H,9H2,1-4H3,(H,19,20). The maximum atomic E-state index is 12.5. The van der Waals surface area contributed by atoms with Gasteiger partial charge in [-0.2, -0.15) is 8.78 Å². The molecule has 1 unspecified atom stereocenters. The molecule has 1 N–H and O–H groups in total. The van der Waals surface area contributed by atoms with Crippen molar-refractivity contribution in [1.29, 1.82) is 0 Å². The number of nitrogens with zero attached hydrogens (tertiary/aromatic N) is 1. The molecular formula is C15H21F2NO3. The lowest BCUT2D eigenvalue weighted by atomic mass is 9.98. The Bertz CT molecular complexity index is 486. The predicted octanol–water partition coefficient (Wildman–Crippen LogP) is 3.53. The summed E-state index contributed by atoms with van der Waals surface area (Å²) in [6, 6.07) is 6.07. The minimum atomic E-state index is -2.92. The van der Waals surface area contributed by atoms with E-state index in [-0.39, 0.29) is 18.3 Å². The fraction of sp³-hybridized carbons (Fsp3) is 0.533. The van der Waals surface area contributed by atoms with Gasteiger partial charge in [-0.15, -0.1) is 0 Å². The highest BCUT2D eigenvalue weighted by Gasteiger charge is 2.30. The molecule has 21 heavy (non-hydrogen) atoms. The Hall–Kier alpha value is -1.69. The van der Waals surface area contributed by atoms with Crippen LogP contribution < -0.4 is 4.74 Å². The largest absolute Gasteiger partial charge is 0.480 e. The average molecular weight is 301 g/mol. The highest BCUT2D eigenvalue weighted by atomic mass is 19.3. The zero-order valence-electron chi connectivity index (χ0n) is 12.6. The zero-order chi connectivity index (χ0) is 16.2. The maximum absolute atomic E-state index is 12.5. The van der Waals surface area contributed by atoms with E-state index in [4.69, 9.17) is 5.11 Å². The van der Waals surface area contributed by atoms with Gasteiger partial charge in [-0.1, -0.05) is 18.2 Å². The number of aliphatic carboxylic acids is 1. The van der Waals surface area contributed by atoms with Crippen LogP contribution in [0.2, 0.25) is 0 Å². The number of para-hydroxylation sites is 1. The summed E-state index contributed by atoms with van der Waals surface area (Å²) in [5.74, 6) is -0.899. The maximum Gasteiger partial charge on any atom is 0.387 e. The smallest absolute Gasteiger partial charge is 0.387 e. The van der Waals surface area contributed by atoms with E-state index in [2.05, 4.69) is 4.74 Å². The van der Waals surface area contributed by atoms with Crippen LogP contribution >= 0.6 is 0 Å². The SMILES string of the molecule is CC(c1ccccc1OC(F)F)N(CC(=O)O)C(C)(C)C. The molecule has 0 bridgehead atoms. The first-order chi connectivity index (χ1) is 9.62. The van der Waals surface area contributed by atoms with Crippen LogP contribution in [0.3, 0.4) is 0 Å². The molecule has 0 aliphatic carbocycles. The number of rotatable bonds is 6. The average Bonchev–Trinajstić information content (AvgIpc) is 2.33. The fourth-order valence-electron chi connectivity index (χ4n) is 2.30. The van der Waals surface area contributed by atoms with E-state index in [1.807, 2.05) is 20.8 Å². The van der Waals surface area contributed by atoms with Gasteiger partial charge in [-0.05, 0) is 33.8 Å². The minimum Gasteiger partial charge on any atom is -0.480 e. The Balaban J connectivity index is 3.14. The van der Waals surface area contributed by atoms with Crippen molar-refractivity contribution in [2.24, 2.45) is 0 Å². The number of hydrogen-bond donors (Lipinski definition) is 1. The predicted molar refractivity (Wildman–Crippen MR) is 75.6 cm³/mol. The van der Waals surface area contributed by atoms with Gasteiger partial charge in [0.15, 0.2) is 0 Å². The Kier molecular flexibility index (Phi) is 5.66. The summed E-state index contributed by atoms with van der Waals surface area (Å²) in [6.07, 6.45) is 0. The molecule has 0 radical (unpaired) electrons. The molecule has 0 amide bonds. The second kappa shape index (κ2) is 6.85. The van der Waals surface area contributed by atoms with Crippen molar-refractivity contribution in [3.05, 3.63) is 29.8 Å². The summed E-state index contributed by atoms with van der Waals surface area (Å²) in [4.78, 5) is 12.8. The summed E-state index contributed by atoms with van der Waals surface area (Å²) in [6.45, 7) is 4.31. The number of carboxylic acids is 1. The number of ether oxygens (including phenoxy) is 1. The third kappa shape index (κ3) is 4.97. The molecule has 0 saturated carbocycles. The van der Waals surface area contributed by atoms with Gasteiger partial charge in [0.2, 0.25) is 0 Å². The first-order valence-corrected chi connectivity index (χ1v) is 6.65. The molecule has 0 fully saturated rings. The second-order valence-corrected chi connectivity index (χ2v) is 5.78. The van der Waals surface area contributed by atoms with Crippen LogP contribution in [0.4, 0.5) is 8.78 Å². The normalized spacial score (nSPS) is 13.5. The van der Waals surface area contributed by atoms with Gasteiger partial charge in [0.05, 0.1) is 6.54 Å². The lowest BCUT2D eigenvalue weighted by Gasteiger charge is -2.39. The summed E-state index contributed by atoms with van der Waals surface area (Å²) in [7, 11) is 0. The third-order valence-electron chi connectivity index (χ3n) is 3.22. The van der Waals surface area contributed by atoms with Gasteiger partial charge in [0, 0.05) is 17.1 Å². The minimum absolute atomic E-state index is 0.0691. The quantitative estimate of drug-likeness (QED) is 0.873. The van der Waals surface area contributed by atoms with E-state index in [0.29, 0.717) is 5.56 Å². The van der Waals surface area contributed by atoms with Crippen molar-refractivity contribution in [2.45, 2.75) is 45.9 Å². The highest BCUT2D eigenvalue weighted by Crippen LogP contribution is 2.33.